The van der Waals surface area contributed by atoms with E-state index in [1.54, 1.807) is 6.07 Å². The van der Waals surface area contributed by atoms with Crippen LogP contribution in [0.25, 0.3) is 0 Å². The van der Waals surface area contributed by atoms with Gasteiger partial charge in [0.1, 0.15) is 17.7 Å². The molecule has 3 atom stereocenters. The molecular weight excluding hydrogens is 384 g/mol. The van der Waals surface area contributed by atoms with Crippen LogP contribution in [0.3, 0.4) is 0 Å². The summed E-state index contributed by atoms with van der Waals surface area (Å²) in [6.07, 6.45) is 6.35. The van der Waals surface area contributed by atoms with Crippen LogP contribution in [-0.4, -0.2) is 34.3 Å². The lowest BCUT2D eigenvalue weighted by atomic mass is 9.70. The van der Waals surface area contributed by atoms with E-state index < -0.39 is 0 Å². The van der Waals surface area contributed by atoms with Crippen molar-refractivity contribution < 1.29 is 9.84 Å². The second kappa shape index (κ2) is 8.72. The molecule has 0 saturated carbocycles. The lowest BCUT2D eigenvalue weighted by molar-refractivity contribution is 0.0575. The van der Waals surface area contributed by atoms with Crippen LogP contribution in [0, 0.1) is 0 Å². The van der Waals surface area contributed by atoms with Gasteiger partial charge in [-0.25, -0.2) is 0 Å². The zero-order valence-electron chi connectivity index (χ0n) is 18.1. The fourth-order valence-electron chi connectivity index (χ4n) is 5.30. The summed E-state index contributed by atoms with van der Waals surface area (Å²) >= 11 is 0. The van der Waals surface area contributed by atoms with E-state index in [1.165, 1.54) is 29.5 Å². The summed E-state index contributed by atoms with van der Waals surface area (Å²) in [5.74, 6) is 1.61. The highest BCUT2D eigenvalue weighted by Crippen LogP contribution is 2.48. The molecule has 3 unspecified atom stereocenters. The second-order valence-corrected chi connectivity index (χ2v) is 8.76. The monoisotopic (exact) mass is 414 g/mol. The fraction of sp³-hybridized carbons (Fsp3) is 0.370. The van der Waals surface area contributed by atoms with E-state index >= 15 is 0 Å². The van der Waals surface area contributed by atoms with Crippen molar-refractivity contribution in [2.75, 3.05) is 13.1 Å². The van der Waals surface area contributed by atoms with Gasteiger partial charge >= 0.3 is 0 Å². The van der Waals surface area contributed by atoms with E-state index in [4.69, 9.17) is 9.72 Å². The molecule has 31 heavy (non-hydrogen) atoms. The maximum Gasteiger partial charge on any atom is 0.149 e. The Hall–Kier alpha value is -2.85. The van der Waals surface area contributed by atoms with E-state index in [9.17, 15) is 5.11 Å². The number of aromatic nitrogens is 1. The number of pyridine rings is 1. The van der Waals surface area contributed by atoms with Crippen LogP contribution in [0.15, 0.2) is 66.9 Å². The first kappa shape index (κ1) is 20.1. The SMILES string of the molecule is CC(Oc1cccnc1C1c2ccc(O)cc2CCC1c1ccccc1)N1CCCC1. The number of aryl methyl sites for hydroxylation is 1. The first-order valence-electron chi connectivity index (χ1n) is 11.4. The highest BCUT2D eigenvalue weighted by atomic mass is 16.5. The van der Waals surface area contributed by atoms with Gasteiger partial charge in [0.25, 0.3) is 0 Å². The zero-order chi connectivity index (χ0) is 21.2. The first-order valence-corrected chi connectivity index (χ1v) is 11.4. The molecule has 2 heterocycles. The van der Waals surface area contributed by atoms with Crippen LogP contribution >= 0.6 is 0 Å². The molecule has 2 aliphatic rings. The molecule has 1 aromatic heterocycles. The Kier molecular flexibility index (Phi) is 5.65. The standard InChI is InChI=1S/C27H30N2O2/c1-19(29-16-5-6-17-29)31-25-10-7-15-28-27(25)26-23(20-8-3-2-4-9-20)13-11-21-18-22(30)12-14-24(21)26/h2-4,7-10,12,14-15,18-19,23,26,30H,5-6,11,13,16-17H2,1H3. The minimum atomic E-state index is 0.0310. The summed E-state index contributed by atoms with van der Waals surface area (Å²) in [5, 5.41) is 10.1. The third kappa shape index (κ3) is 4.05. The quantitative estimate of drug-likeness (QED) is 0.601. The van der Waals surface area contributed by atoms with E-state index in [-0.39, 0.29) is 12.1 Å². The number of fused-ring (bicyclic) bond motifs is 1. The van der Waals surface area contributed by atoms with Crippen LogP contribution < -0.4 is 4.74 Å². The molecule has 1 saturated heterocycles. The van der Waals surface area contributed by atoms with Gasteiger partial charge in [-0.05, 0) is 79.5 Å². The van der Waals surface area contributed by atoms with Crippen molar-refractivity contribution in [1.82, 2.24) is 9.88 Å². The average molecular weight is 415 g/mol. The Bertz CT molecular complexity index is 1030. The smallest absolute Gasteiger partial charge is 0.149 e. The molecule has 160 valence electrons. The number of hydrogen-bond acceptors (Lipinski definition) is 4. The van der Waals surface area contributed by atoms with Gasteiger partial charge in [0.15, 0.2) is 0 Å². The second-order valence-electron chi connectivity index (χ2n) is 8.76. The lowest BCUT2D eigenvalue weighted by Crippen LogP contribution is -2.35. The maximum atomic E-state index is 10.1. The number of ether oxygens (including phenoxy) is 1. The Morgan fingerprint density at radius 3 is 2.65 bits per heavy atom. The van der Waals surface area contributed by atoms with Gasteiger partial charge in [-0.1, -0.05) is 36.4 Å². The third-order valence-corrected chi connectivity index (χ3v) is 6.86. The Balaban J connectivity index is 1.57. The number of hydrogen-bond donors (Lipinski definition) is 1. The molecule has 4 heteroatoms. The van der Waals surface area contributed by atoms with Gasteiger partial charge in [-0.2, -0.15) is 0 Å². The summed E-state index contributed by atoms with van der Waals surface area (Å²) < 4.78 is 6.52. The van der Waals surface area contributed by atoms with Crippen molar-refractivity contribution in [1.29, 1.82) is 0 Å². The Labute approximate surface area is 184 Å². The molecular formula is C27H30N2O2. The molecule has 1 aliphatic heterocycles. The molecule has 0 radical (unpaired) electrons. The van der Waals surface area contributed by atoms with Gasteiger partial charge in [-0.15, -0.1) is 0 Å². The van der Waals surface area contributed by atoms with Crippen molar-refractivity contribution in [3.8, 4) is 11.5 Å². The zero-order valence-corrected chi connectivity index (χ0v) is 18.1. The number of rotatable bonds is 5. The molecule has 5 rings (SSSR count). The molecule has 1 fully saturated rings. The van der Waals surface area contributed by atoms with Crippen molar-refractivity contribution in [3.05, 3.63) is 89.2 Å². The number of aromatic hydroxyl groups is 1. The maximum absolute atomic E-state index is 10.1. The molecule has 1 N–H and O–H groups in total. The van der Waals surface area contributed by atoms with Crippen LogP contribution in [0.5, 0.6) is 11.5 Å². The predicted molar refractivity (Wildman–Crippen MR) is 123 cm³/mol. The van der Waals surface area contributed by atoms with Gasteiger partial charge < -0.3 is 9.84 Å². The van der Waals surface area contributed by atoms with Crippen molar-refractivity contribution >= 4 is 0 Å². The normalized spacial score (nSPS) is 22.1. The molecule has 3 aromatic rings. The minimum Gasteiger partial charge on any atom is -0.508 e. The van der Waals surface area contributed by atoms with Crippen molar-refractivity contribution in [3.63, 3.8) is 0 Å². The van der Waals surface area contributed by atoms with Gasteiger partial charge in [0.2, 0.25) is 0 Å². The topological polar surface area (TPSA) is 45.6 Å². The van der Waals surface area contributed by atoms with E-state index in [2.05, 4.69) is 54.3 Å². The van der Waals surface area contributed by atoms with Gasteiger partial charge in [-0.3, -0.25) is 9.88 Å². The van der Waals surface area contributed by atoms with Crippen LogP contribution in [0.2, 0.25) is 0 Å². The lowest BCUT2D eigenvalue weighted by Gasteiger charge is -2.35. The molecule has 2 aromatic carbocycles. The summed E-state index contributed by atoms with van der Waals surface area (Å²) in [6.45, 7) is 4.33. The minimum absolute atomic E-state index is 0.0310. The number of likely N-dealkylation sites (tertiary alicyclic amines) is 1. The summed E-state index contributed by atoms with van der Waals surface area (Å²) in [7, 11) is 0. The fourth-order valence-corrected chi connectivity index (χ4v) is 5.30. The average Bonchev–Trinajstić information content (AvgIpc) is 3.34. The number of nitrogens with zero attached hydrogens (tertiary/aromatic N) is 2. The summed E-state index contributed by atoms with van der Waals surface area (Å²) in [4.78, 5) is 7.27. The largest absolute Gasteiger partial charge is 0.508 e. The summed E-state index contributed by atoms with van der Waals surface area (Å²) in [6, 6.07) is 20.6. The number of benzene rings is 2. The van der Waals surface area contributed by atoms with Crippen LogP contribution in [0.4, 0.5) is 0 Å². The Morgan fingerprint density at radius 1 is 1.03 bits per heavy atom. The van der Waals surface area contributed by atoms with E-state index in [1.807, 2.05) is 18.3 Å². The Morgan fingerprint density at radius 2 is 1.84 bits per heavy atom. The van der Waals surface area contributed by atoms with Gasteiger partial charge in [0.05, 0.1) is 5.69 Å². The van der Waals surface area contributed by atoms with Crippen molar-refractivity contribution in [2.24, 2.45) is 0 Å². The highest BCUT2D eigenvalue weighted by molar-refractivity contribution is 5.48. The van der Waals surface area contributed by atoms with E-state index in [0.717, 1.165) is 37.4 Å². The first-order chi connectivity index (χ1) is 15.2. The highest BCUT2D eigenvalue weighted by Gasteiger charge is 2.35. The van der Waals surface area contributed by atoms with E-state index in [0.29, 0.717) is 11.7 Å². The molecule has 1 aliphatic carbocycles. The van der Waals surface area contributed by atoms with Crippen LogP contribution in [0.1, 0.15) is 60.4 Å². The molecule has 4 nitrogen and oxygen atoms in total. The third-order valence-electron chi connectivity index (χ3n) is 6.86. The number of phenolic OH excluding ortho intramolecular Hbond substituents is 1. The summed E-state index contributed by atoms with van der Waals surface area (Å²) in [5.41, 5.74) is 4.78. The number of phenols is 1. The molecule has 0 amide bonds. The van der Waals surface area contributed by atoms with Crippen molar-refractivity contribution in [2.45, 2.75) is 50.7 Å². The molecule has 0 bridgehead atoms. The predicted octanol–water partition coefficient (Wildman–Crippen LogP) is 5.47. The molecule has 0 spiro atoms. The van der Waals surface area contributed by atoms with Gasteiger partial charge in [0, 0.05) is 25.2 Å². The van der Waals surface area contributed by atoms with Crippen LogP contribution in [-0.2, 0) is 6.42 Å².